The Kier molecular flexibility index (Phi) is 6.29. The van der Waals surface area contributed by atoms with Gasteiger partial charge in [0.2, 0.25) is 0 Å². The zero-order valence-corrected chi connectivity index (χ0v) is 16.0. The van der Waals surface area contributed by atoms with Crippen LogP contribution < -0.4 is 0 Å². The van der Waals surface area contributed by atoms with Gasteiger partial charge >= 0.3 is 30.4 Å². The summed E-state index contributed by atoms with van der Waals surface area (Å²) in [6.45, 7) is -1.91. The molecule has 33 heavy (non-hydrogen) atoms. The zero-order valence-electron chi connectivity index (χ0n) is 15.3. The number of aromatic nitrogens is 4. The van der Waals surface area contributed by atoms with Crippen LogP contribution in [0.5, 0.6) is 0 Å². The molecule has 2 aromatic rings. The van der Waals surface area contributed by atoms with Crippen LogP contribution in [0.25, 0.3) is 0 Å². The second kappa shape index (κ2) is 7.76. The molecule has 2 rings (SSSR count). The second-order valence-corrected chi connectivity index (χ2v) is 6.63. The maximum absolute atomic E-state index is 13.8. The van der Waals surface area contributed by atoms with Gasteiger partial charge < -0.3 is 0 Å². The summed E-state index contributed by atoms with van der Waals surface area (Å²) in [4.78, 5) is 11.3. The van der Waals surface area contributed by atoms with Crippen LogP contribution >= 0.6 is 11.6 Å². The Hall–Kier alpha value is -2.53. The lowest BCUT2D eigenvalue weighted by Crippen LogP contribution is -2.36. The van der Waals surface area contributed by atoms with Crippen molar-refractivity contribution >= 4 is 16.8 Å². The summed E-state index contributed by atoms with van der Waals surface area (Å²) in [7, 11) is 0.686. The summed E-state index contributed by atoms with van der Waals surface area (Å²) in [5, 5.41) is 3.66. The Balaban J connectivity index is 2.81. The molecule has 0 aliphatic rings. The van der Waals surface area contributed by atoms with Gasteiger partial charge in [0.15, 0.2) is 0 Å². The highest BCUT2D eigenvalue weighted by molar-refractivity contribution is 6.67. The van der Waals surface area contributed by atoms with Crippen molar-refractivity contribution in [3.8, 4) is 0 Å². The molecule has 0 spiro atoms. The summed E-state index contributed by atoms with van der Waals surface area (Å²) in [5.74, 6) is -12.2. The van der Waals surface area contributed by atoms with Gasteiger partial charge in [-0.1, -0.05) is 0 Å². The highest BCUT2D eigenvalue weighted by Crippen LogP contribution is 2.48. The molecule has 5 nitrogen and oxygen atoms in total. The molecule has 0 aliphatic carbocycles. The van der Waals surface area contributed by atoms with E-state index in [2.05, 4.69) is 10.2 Å². The van der Waals surface area contributed by atoms with Gasteiger partial charge in [0.25, 0.3) is 5.24 Å². The number of hydrogen-bond acceptors (Lipinski definition) is 3. The van der Waals surface area contributed by atoms with Crippen molar-refractivity contribution in [1.82, 2.24) is 19.6 Å². The first kappa shape index (κ1) is 26.7. The molecule has 2 heterocycles. The van der Waals surface area contributed by atoms with E-state index in [9.17, 15) is 61.9 Å². The summed E-state index contributed by atoms with van der Waals surface area (Å²) < 4.78 is 170. The van der Waals surface area contributed by atoms with Crippen molar-refractivity contribution in [3.05, 3.63) is 34.4 Å². The topological polar surface area (TPSA) is 52.7 Å². The van der Waals surface area contributed by atoms with Crippen molar-refractivity contribution in [1.29, 1.82) is 0 Å². The molecule has 0 fully saturated rings. The van der Waals surface area contributed by atoms with Crippen LogP contribution in [0.15, 0.2) is 6.07 Å². The maximum Gasteiger partial charge on any atom is 0.459 e. The minimum absolute atomic E-state index is 0.157. The largest absolute Gasteiger partial charge is 0.459 e. The van der Waals surface area contributed by atoms with E-state index in [0.29, 0.717) is 7.05 Å². The fraction of sp³-hybridized carbons (Fsp3) is 0.500. The summed E-state index contributed by atoms with van der Waals surface area (Å²) >= 11 is 5.00. The van der Waals surface area contributed by atoms with E-state index >= 15 is 0 Å². The van der Waals surface area contributed by atoms with Crippen LogP contribution in [0.2, 0.25) is 0 Å². The van der Waals surface area contributed by atoms with Crippen LogP contribution in [-0.2, 0) is 31.6 Å². The Morgan fingerprint density at radius 3 is 1.76 bits per heavy atom. The molecule has 0 saturated heterocycles. The molecule has 0 aliphatic heterocycles. The number of rotatable bonds is 5. The quantitative estimate of drug-likeness (QED) is 0.387. The molecular formula is C14H6ClF13N4O. The molecule has 186 valence electrons. The lowest BCUT2D eigenvalue weighted by atomic mass is 10.1. The smallest absolute Gasteiger partial charge is 0.274 e. The summed E-state index contributed by atoms with van der Waals surface area (Å²) in [5.41, 5.74) is -10.3. The lowest BCUT2D eigenvalue weighted by molar-refractivity contribution is -0.292. The Morgan fingerprint density at radius 1 is 0.879 bits per heavy atom. The first-order valence-electron chi connectivity index (χ1n) is 7.84. The Bertz CT molecular complexity index is 1060. The lowest BCUT2D eigenvalue weighted by Gasteiger charge is -2.20. The number of nitrogens with zero attached hydrogens (tertiary/aromatic N) is 4. The molecule has 0 N–H and O–H groups in total. The molecule has 0 bridgehead atoms. The minimum atomic E-state index is -6.57. The number of hydrogen-bond donors (Lipinski definition) is 0. The third-order valence-electron chi connectivity index (χ3n) is 4.02. The van der Waals surface area contributed by atoms with Crippen molar-refractivity contribution in [2.75, 3.05) is 0 Å². The van der Waals surface area contributed by atoms with Gasteiger partial charge in [0, 0.05) is 7.05 Å². The highest BCUT2D eigenvalue weighted by atomic mass is 35.5. The molecule has 0 aromatic carbocycles. The van der Waals surface area contributed by atoms with Crippen LogP contribution in [0.4, 0.5) is 57.1 Å². The predicted molar refractivity (Wildman–Crippen MR) is 79.6 cm³/mol. The van der Waals surface area contributed by atoms with Crippen LogP contribution in [0.3, 0.4) is 0 Å². The molecule has 0 atom stereocenters. The number of alkyl halides is 13. The van der Waals surface area contributed by atoms with E-state index in [1.807, 2.05) is 0 Å². The van der Waals surface area contributed by atoms with E-state index in [0.717, 1.165) is 0 Å². The molecule has 0 amide bonds. The van der Waals surface area contributed by atoms with Gasteiger partial charge in [-0.25, -0.2) is 0 Å². The molecular weight excluding hydrogens is 523 g/mol. The van der Waals surface area contributed by atoms with Gasteiger partial charge in [-0.2, -0.15) is 67.3 Å². The Labute approximate surface area is 177 Å². The molecule has 0 unspecified atom stereocenters. The van der Waals surface area contributed by atoms with Gasteiger partial charge in [-0.05, 0) is 17.7 Å². The van der Waals surface area contributed by atoms with Crippen molar-refractivity contribution in [3.63, 3.8) is 0 Å². The maximum atomic E-state index is 13.8. The average molecular weight is 529 g/mol. The number of carbonyl (C=O) groups is 1. The standard InChI is InChI=1S/C14H6ClF13N4O/c1-31-8(9(15)33)7(12(20,21)22)4(29-31)3-32-6(11(18,19)14(26,27)28)2-5(30-32)10(16,17)13(23,24)25/h2H,3H2,1H3. The second-order valence-electron chi connectivity index (χ2n) is 6.28. The van der Waals surface area contributed by atoms with E-state index in [-0.39, 0.29) is 4.68 Å². The SMILES string of the molecule is Cn1nc(Cn2nc(C(F)(F)C(F)(F)F)cc2C(F)(F)C(F)(F)F)c(C(F)(F)F)c1C(=O)Cl. The fourth-order valence-electron chi connectivity index (χ4n) is 2.59. The first-order valence-corrected chi connectivity index (χ1v) is 8.22. The third-order valence-corrected chi connectivity index (χ3v) is 4.20. The van der Waals surface area contributed by atoms with E-state index in [1.54, 1.807) is 0 Å². The predicted octanol–water partition coefficient (Wildman–Crippen LogP) is 5.37. The fourth-order valence-corrected chi connectivity index (χ4v) is 2.81. The van der Waals surface area contributed by atoms with Crippen LogP contribution in [0.1, 0.15) is 33.1 Å². The van der Waals surface area contributed by atoms with Crippen molar-refractivity contribution < 1.29 is 61.9 Å². The van der Waals surface area contributed by atoms with Gasteiger partial charge in [-0.15, -0.1) is 0 Å². The third kappa shape index (κ3) is 4.61. The van der Waals surface area contributed by atoms with Crippen molar-refractivity contribution in [2.45, 2.75) is 36.9 Å². The summed E-state index contributed by atoms with van der Waals surface area (Å²) in [6.07, 6.45) is -18.6. The minimum Gasteiger partial charge on any atom is -0.274 e. The molecule has 2 aromatic heterocycles. The van der Waals surface area contributed by atoms with Crippen LogP contribution in [0, 0.1) is 0 Å². The number of halogens is 14. The number of aryl methyl sites for hydroxylation is 1. The van der Waals surface area contributed by atoms with E-state index in [1.165, 1.54) is 0 Å². The number of carbonyl (C=O) groups excluding carboxylic acids is 1. The van der Waals surface area contributed by atoms with Gasteiger partial charge in [0.1, 0.15) is 22.6 Å². The van der Waals surface area contributed by atoms with Crippen molar-refractivity contribution in [2.24, 2.45) is 7.05 Å². The van der Waals surface area contributed by atoms with E-state index in [4.69, 9.17) is 11.6 Å². The first-order chi connectivity index (χ1) is 14.5. The normalized spacial score (nSPS) is 14.2. The zero-order chi connectivity index (χ0) is 25.9. The summed E-state index contributed by atoms with van der Waals surface area (Å²) in [6, 6.07) is -0.940. The van der Waals surface area contributed by atoms with Crippen LogP contribution in [-0.4, -0.2) is 37.2 Å². The average Bonchev–Trinajstić information content (AvgIpc) is 3.14. The van der Waals surface area contributed by atoms with Gasteiger partial charge in [0.05, 0.1) is 12.2 Å². The van der Waals surface area contributed by atoms with E-state index < -0.39 is 81.2 Å². The molecule has 0 radical (unpaired) electrons. The molecule has 19 heteroatoms. The Morgan fingerprint density at radius 2 is 1.36 bits per heavy atom. The monoisotopic (exact) mass is 528 g/mol. The highest BCUT2D eigenvalue weighted by Gasteiger charge is 2.64. The molecule has 0 saturated carbocycles. The van der Waals surface area contributed by atoms with Gasteiger partial charge in [-0.3, -0.25) is 14.2 Å².